The molecule has 1 saturated heterocycles. The van der Waals surface area contributed by atoms with Crippen LogP contribution in [0, 0.1) is 11.2 Å². The second-order valence-electron chi connectivity index (χ2n) is 10.2. The number of carbonyl (C=O) groups excluding carboxylic acids is 1. The molecule has 1 aromatic heterocycles. The number of benzene rings is 3. The summed E-state index contributed by atoms with van der Waals surface area (Å²) in [6.45, 7) is 3.24. The molecule has 4 aliphatic rings. The molecule has 2 heterocycles. The summed E-state index contributed by atoms with van der Waals surface area (Å²) >= 11 is 1.39. The number of aromatic nitrogens is 1. The van der Waals surface area contributed by atoms with Crippen LogP contribution < -0.4 is 5.32 Å². The van der Waals surface area contributed by atoms with Crippen molar-refractivity contribution in [3.63, 3.8) is 0 Å². The van der Waals surface area contributed by atoms with Crippen LogP contribution in [-0.4, -0.2) is 29.9 Å². The van der Waals surface area contributed by atoms with Gasteiger partial charge in [-0.25, -0.2) is 9.37 Å². The second-order valence-corrected chi connectivity index (χ2v) is 11.1. The van der Waals surface area contributed by atoms with E-state index in [-0.39, 0.29) is 23.6 Å². The molecule has 3 atom stereocenters. The third-order valence-electron chi connectivity index (χ3n) is 8.33. The van der Waals surface area contributed by atoms with Gasteiger partial charge in [0.1, 0.15) is 5.82 Å². The normalized spacial score (nSPS) is 25.8. The molecule has 8 rings (SSSR count). The van der Waals surface area contributed by atoms with Crippen molar-refractivity contribution in [1.29, 1.82) is 0 Å². The zero-order valence-electron chi connectivity index (χ0n) is 19.8. The first-order valence-corrected chi connectivity index (χ1v) is 13.2. The van der Waals surface area contributed by atoms with Crippen LogP contribution >= 0.6 is 11.3 Å². The highest BCUT2D eigenvalue weighted by Crippen LogP contribution is 2.64. The molecule has 1 aliphatic heterocycles. The van der Waals surface area contributed by atoms with Crippen LogP contribution in [0.3, 0.4) is 0 Å². The number of hydrogen-bond donors (Lipinski definition) is 1. The Labute approximate surface area is 212 Å². The highest BCUT2D eigenvalue weighted by Gasteiger charge is 2.63. The van der Waals surface area contributed by atoms with Crippen LogP contribution in [0.25, 0.3) is 22.0 Å². The summed E-state index contributed by atoms with van der Waals surface area (Å²) in [5, 5.41) is 6.93. The van der Waals surface area contributed by atoms with Crippen molar-refractivity contribution in [3.05, 3.63) is 83.0 Å². The van der Waals surface area contributed by atoms with Gasteiger partial charge in [-0.2, -0.15) is 0 Å². The van der Waals surface area contributed by atoms with Gasteiger partial charge >= 0.3 is 0 Å². The first-order chi connectivity index (χ1) is 17.5. The highest BCUT2D eigenvalue weighted by atomic mass is 32.1. The number of ether oxygens (including phenoxy) is 2. The van der Waals surface area contributed by atoms with E-state index in [1.807, 2.05) is 29.6 Å². The predicted octanol–water partition coefficient (Wildman–Crippen LogP) is 6.47. The molecule has 7 heteroatoms. The standard InChI is InChI=1S/C29H25FN2O3S/c1-28(14-23-19-8-4-3-7-18(19)22(28)15-29(23)34-12-13-35-29)26(33)32-27-31-25(16-36-27)21-10-11-24(30)20-9-5-2-6-17(20)21/h2-11,16,22-23H,12-15H2,1H3,(H,31,32,33)/t22-,23-,28?/m0/s1. The molecule has 5 nitrogen and oxygen atoms in total. The van der Waals surface area contributed by atoms with Crippen molar-refractivity contribution in [2.75, 3.05) is 18.5 Å². The molecule has 1 N–H and O–H groups in total. The summed E-state index contributed by atoms with van der Waals surface area (Å²) in [6, 6.07) is 19.0. The summed E-state index contributed by atoms with van der Waals surface area (Å²) in [7, 11) is 0. The molecule has 36 heavy (non-hydrogen) atoms. The van der Waals surface area contributed by atoms with Crippen molar-refractivity contribution in [2.45, 2.75) is 37.4 Å². The molecule has 3 aromatic carbocycles. The van der Waals surface area contributed by atoms with Gasteiger partial charge in [0.2, 0.25) is 5.91 Å². The van der Waals surface area contributed by atoms with Gasteiger partial charge in [0.25, 0.3) is 0 Å². The fraction of sp³-hybridized carbons (Fsp3) is 0.310. The molecule has 1 saturated carbocycles. The molecular weight excluding hydrogens is 475 g/mol. The van der Waals surface area contributed by atoms with Crippen LogP contribution in [0.1, 0.15) is 42.7 Å². The van der Waals surface area contributed by atoms with Gasteiger partial charge < -0.3 is 14.8 Å². The largest absolute Gasteiger partial charge is 0.347 e. The molecule has 182 valence electrons. The van der Waals surface area contributed by atoms with Crippen LogP contribution in [0.5, 0.6) is 0 Å². The van der Waals surface area contributed by atoms with Gasteiger partial charge in [0.15, 0.2) is 10.9 Å². The minimum absolute atomic E-state index is 0.00869. The number of nitrogens with one attached hydrogen (secondary N) is 1. The van der Waals surface area contributed by atoms with Gasteiger partial charge in [0, 0.05) is 34.6 Å². The fourth-order valence-electron chi connectivity index (χ4n) is 6.54. The number of fused-ring (bicyclic) bond motifs is 2. The summed E-state index contributed by atoms with van der Waals surface area (Å²) in [5.74, 6) is -0.931. The lowest BCUT2D eigenvalue weighted by molar-refractivity contribution is -0.216. The van der Waals surface area contributed by atoms with Gasteiger partial charge in [-0.3, -0.25) is 4.79 Å². The van der Waals surface area contributed by atoms with Gasteiger partial charge in [-0.05, 0) is 35.1 Å². The Hall–Kier alpha value is -3.13. The summed E-state index contributed by atoms with van der Waals surface area (Å²) in [6.07, 6.45) is 1.32. The van der Waals surface area contributed by atoms with Gasteiger partial charge in [0.05, 0.1) is 24.3 Å². The van der Waals surface area contributed by atoms with E-state index in [4.69, 9.17) is 14.5 Å². The SMILES string of the molecule is CC1(C(=O)Nc2nc(-c3ccc(F)c4ccccc34)cs2)C[C@H]2c3ccccc3[C@@H]1CC21OCCO1. The van der Waals surface area contributed by atoms with E-state index in [0.717, 1.165) is 16.6 Å². The molecule has 2 bridgehead atoms. The zero-order chi connectivity index (χ0) is 24.5. The van der Waals surface area contributed by atoms with E-state index in [9.17, 15) is 9.18 Å². The lowest BCUT2D eigenvalue weighted by Gasteiger charge is -2.56. The monoisotopic (exact) mass is 500 g/mol. The Kier molecular flexibility index (Phi) is 4.87. The Morgan fingerprint density at radius 3 is 2.44 bits per heavy atom. The van der Waals surface area contributed by atoms with E-state index in [0.29, 0.717) is 36.6 Å². The molecule has 3 aliphatic carbocycles. The lowest BCUT2D eigenvalue weighted by Crippen LogP contribution is -2.56. The van der Waals surface area contributed by atoms with Crippen LogP contribution in [-0.2, 0) is 14.3 Å². The fourth-order valence-corrected chi connectivity index (χ4v) is 7.25. The quantitative estimate of drug-likeness (QED) is 0.351. The highest BCUT2D eigenvalue weighted by molar-refractivity contribution is 7.14. The first-order valence-electron chi connectivity index (χ1n) is 12.3. The Balaban J connectivity index is 1.20. The Morgan fingerprint density at radius 1 is 0.972 bits per heavy atom. The topological polar surface area (TPSA) is 60.5 Å². The molecule has 2 fully saturated rings. The van der Waals surface area contributed by atoms with Gasteiger partial charge in [-0.1, -0.05) is 55.5 Å². The van der Waals surface area contributed by atoms with Crippen molar-refractivity contribution in [2.24, 2.45) is 5.41 Å². The number of thiazole rings is 1. The lowest BCUT2D eigenvalue weighted by atomic mass is 9.52. The first kappa shape index (κ1) is 22.1. The van der Waals surface area contributed by atoms with Crippen molar-refractivity contribution < 1.29 is 18.7 Å². The van der Waals surface area contributed by atoms with E-state index in [1.54, 1.807) is 12.1 Å². The summed E-state index contributed by atoms with van der Waals surface area (Å²) in [4.78, 5) is 18.5. The molecule has 0 radical (unpaired) electrons. The minimum Gasteiger partial charge on any atom is -0.347 e. The molecular formula is C29H25FN2O3S. The van der Waals surface area contributed by atoms with Crippen molar-refractivity contribution in [3.8, 4) is 11.3 Å². The third-order valence-corrected chi connectivity index (χ3v) is 9.09. The summed E-state index contributed by atoms with van der Waals surface area (Å²) < 4.78 is 26.6. The summed E-state index contributed by atoms with van der Waals surface area (Å²) in [5.41, 5.74) is 3.40. The number of amides is 1. The number of rotatable bonds is 3. The number of carbonyl (C=O) groups is 1. The van der Waals surface area contributed by atoms with E-state index < -0.39 is 11.2 Å². The van der Waals surface area contributed by atoms with Gasteiger partial charge in [-0.15, -0.1) is 11.3 Å². The van der Waals surface area contributed by atoms with E-state index >= 15 is 0 Å². The Morgan fingerprint density at radius 2 is 1.67 bits per heavy atom. The van der Waals surface area contributed by atoms with Crippen molar-refractivity contribution >= 4 is 33.1 Å². The smallest absolute Gasteiger partial charge is 0.232 e. The average molecular weight is 501 g/mol. The molecule has 1 unspecified atom stereocenters. The Bertz CT molecular complexity index is 1510. The second kappa shape index (κ2) is 7.93. The van der Waals surface area contributed by atoms with Crippen LogP contribution in [0.2, 0.25) is 0 Å². The maximum absolute atomic E-state index is 14.3. The maximum atomic E-state index is 14.3. The molecule has 4 aromatic rings. The number of anilines is 1. The average Bonchev–Trinajstić information content (AvgIpc) is 3.56. The number of nitrogens with zero attached hydrogens (tertiary/aromatic N) is 1. The van der Waals surface area contributed by atoms with Crippen LogP contribution in [0.4, 0.5) is 9.52 Å². The van der Waals surface area contributed by atoms with Crippen LogP contribution in [0.15, 0.2) is 66.0 Å². The number of halogens is 1. The number of hydrogen-bond acceptors (Lipinski definition) is 5. The van der Waals surface area contributed by atoms with E-state index in [2.05, 4.69) is 30.4 Å². The third kappa shape index (κ3) is 3.13. The minimum atomic E-state index is -0.628. The van der Waals surface area contributed by atoms with E-state index in [1.165, 1.54) is 28.5 Å². The maximum Gasteiger partial charge on any atom is 0.232 e. The molecule has 1 spiro atoms. The zero-order valence-corrected chi connectivity index (χ0v) is 20.6. The predicted molar refractivity (Wildman–Crippen MR) is 138 cm³/mol. The molecule has 1 amide bonds. The van der Waals surface area contributed by atoms with Crippen molar-refractivity contribution in [1.82, 2.24) is 4.98 Å².